The van der Waals surface area contributed by atoms with Gasteiger partial charge in [0.2, 0.25) is 0 Å². The monoisotopic (exact) mass is 388 g/mol. The lowest BCUT2D eigenvalue weighted by molar-refractivity contribution is -0.105. The molecule has 0 saturated carbocycles. The number of hydrogen-bond donors (Lipinski definition) is 2. The summed E-state index contributed by atoms with van der Waals surface area (Å²) in [5.41, 5.74) is 10.6. The molecule has 1 atom stereocenters. The summed E-state index contributed by atoms with van der Waals surface area (Å²) in [6.45, 7) is 0.604. The summed E-state index contributed by atoms with van der Waals surface area (Å²) >= 11 is 0. The van der Waals surface area contributed by atoms with Crippen LogP contribution in [0.3, 0.4) is 0 Å². The first-order chi connectivity index (χ1) is 13.0. The molecule has 1 heterocycles. The number of halogens is 2. The molecule has 0 aromatic heterocycles. The van der Waals surface area contributed by atoms with Crippen LogP contribution in [0.2, 0.25) is 0 Å². The molecule has 5 nitrogen and oxygen atoms in total. The number of rotatable bonds is 6. The number of nitrogens with zero attached hydrogens (tertiary/aromatic N) is 2. The molecule has 1 aliphatic heterocycles. The Hall–Kier alpha value is -2.79. The lowest BCUT2D eigenvalue weighted by Gasteiger charge is -2.22. The van der Waals surface area contributed by atoms with Crippen molar-refractivity contribution in [3.8, 4) is 0 Å². The Morgan fingerprint density at radius 1 is 1.22 bits per heavy atom. The van der Waals surface area contributed by atoms with Crippen molar-refractivity contribution in [1.29, 1.82) is 0 Å². The number of amidine groups is 1. The van der Waals surface area contributed by atoms with Crippen molar-refractivity contribution in [2.45, 2.75) is 6.42 Å². The van der Waals surface area contributed by atoms with Gasteiger partial charge in [-0.05, 0) is 36.0 Å². The van der Waals surface area contributed by atoms with Gasteiger partial charge in [0.05, 0.1) is 5.70 Å². The molecule has 2 aromatic carbocycles. The van der Waals surface area contributed by atoms with E-state index in [1.165, 1.54) is 18.2 Å². The Morgan fingerprint density at radius 2 is 1.89 bits per heavy atom. The molecular weight excluding hydrogens is 369 g/mol. The third-order valence-corrected chi connectivity index (χ3v) is 5.56. The number of nitrogens with one attached hydrogen (secondary N) is 1. The summed E-state index contributed by atoms with van der Waals surface area (Å²) in [6, 6.07) is 11.2. The van der Waals surface area contributed by atoms with E-state index in [4.69, 9.17) is 5.73 Å². The number of nitrogens with two attached hydrogens (primary N) is 1. The molecular formula is C19H19F2N4OP. The second-order valence-electron chi connectivity index (χ2n) is 5.88. The van der Waals surface area contributed by atoms with Crippen molar-refractivity contribution in [1.82, 2.24) is 5.43 Å². The first kappa shape index (κ1) is 19.0. The number of aldehydes is 1. The van der Waals surface area contributed by atoms with Crippen LogP contribution in [0.15, 0.2) is 58.8 Å². The number of benzene rings is 2. The van der Waals surface area contributed by atoms with E-state index in [0.29, 0.717) is 24.2 Å². The standard InChI is InChI=1S/C19H19F2N4OP/c1-23-24-19(22)17-12(11-26)9-10-25(17)13-5-7-14(8-6-13)27-18-15(20)3-2-4-16(18)21/h2-8,11,23,27H,9-10H2,1H3,(H2,22,24). The van der Waals surface area contributed by atoms with E-state index < -0.39 is 11.6 Å². The van der Waals surface area contributed by atoms with E-state index in [-0.39, 0.29) is 19.7 Å². The van der Waals surface area contributed by atoms with Crippen LogP contribution in [0.25, 0.3) is 0 Å². The highest BCUT2D eigenvalue weighted by Gasteiger charge is 2.26. The van der Waals surface area contributed by atoms with E-state index in [0.717, 1.165) is 17.3 Å². The second-order valence-corrected chi connectivity index (χ2v) is 7.21. The zero-order chi connectivity index (χ0) is 19.4. The van der Waals surface area contributed by atoms with Gasteiger partial charge in [-0.2, -0.15) is 5.10 Å². The van der Waals surface area contributed by atoms with E-state index in [9.17, 15) is 13.6 Å². The number of carbonyl (C=O) groups is 1. The van der Waals surface area contributed by atoms with Crippen molar-refractivity contribution in [3.63, 3.8) is 0 Å². The van der Waals surface area contributed by atoms with Crippen molar-refractivity contribution >= 4 is 37.0 Å². The van der Waals surface area contributed by atoms with Crippen LogP contribution in [0.4, 0.5) is 14.5 Å². The van der Waals surface area contributed by atoms with Crippen LogP contribution >= 0.6 is 8.58 Å². The number of anilines is 1. The topological polar surface area (TPSA) is 70.7 Å². The predicted molar refractivity (Wildman–Crippen MR) is 106 cm³/mol. The minimum atomic E-state index is -0.547. The van der Waals surface area contributed by atoms with Gasteiger partial charge in [0.1, 0.15) is 17.9 Å². The van der Waals surface area contributed by atoms with Crippen LogP contribution in [-0.4, -0.2) is 25.7 Å². The highest BCUT2D eigenvalue weighted by atomic mass is 31.1. The van der Waals surface area contributed by atoms with Crippen LogP contribution in [0.5, 0.6) is 0 Å². The Bertz CT molecular complexity index is 892. The average Bonchev–Trinajstić information content (AvgIpc) is 3.10. The summed E-state index contributed by atoms with van der Waals surface area (Å²) < 4.78 is 27.7. The molecule has 1 unspecified atom stereocenters. The Kier molecular flexibility index (Phi) is 5.81. The molecule has 1 aliphatic rings. The number of hydrazone groups is 1. The molecule has 0 saturated heterocycles. The largest absolute Gasteiger partial charge is 0.381 e. The van der Waals surface area contributed by atoms with Gasteiger partial charge < -0.3 is 16.1 Å². The lowest BCUT2D eigenvalue weighted by atomic mass is 10.2. The smallest absolute Gasteiger partial charge is 0.167 e. The summed E-state index contributed by atoms with van der Waals surface area (Å²) in [6.07, 6.45) is 1.37. The summed E-state index contributed by atoms with van der Waals surface area (Å²) in [4.78, 5) is 13.3. The fourth-order valence-corrected chi connectivity index (χ4v) is 4.00. The van der Waals surface area contributed by atoms with Crippen molar-refractivity contribution < 1.29 is 13.6 Å². The maximum absolute atomic E-state index is 13.8. The minimum Gasteiger partial charge on any atom is -0.381 e. The summed E-state index contributed by atoms with van der Waals surface area (Å²) in [5.74, 6) is -0.862. The van der Waals surface area contributed by atoms with Gasteiger partial charge in [-0.3, -0.25) is 4.79 Å². The zero-order valence-electron chi connectivity index (χ0n) is 14.7. The molecule has 0 fully saturated rings. The highest BCUT2D eigenvalue weighted by molar-refractivity contribution is 7.55. The molecule has 140 valence electrons. The zero-order valence-corrected chi connectivity index (χ0v) is 15.7. The van der Waals surface area contributed by atoms with Gasteiger partial charge in [0.25, 0.3) is 0 Å². The summed E-state index contributed by atoms with van der Waals surface area (Å²) in [7, 11) is 1.50. The normalized spacial score (nSPS) is 15.1. The fourth-order valence-electron chi connectivity index (χ4n) is 2.97. The van der Waals surface area contributed by atoms with Gasteiger partial charge in [0, 0.05) is 30.2 Å². The van der Waals surface area contributed by atoms with Gasteiger partial charge >= 0.3 is 0 Å². The minimum absolute atomic E-state index is 0.0700. The molecule has 3 rings (SSSR count). The summed E-state index contributed by atoms with van der Waals surface area (Å²) in [5, 5.41) is 4.85. The van der Waals surface area contributed by atoms with Crippen LogP contribution in [-0.2, 0) is 4.79 Å². The molecule has 3 N–H and O–H groups in total. The quantitative estimate of drug-likeness (QED) is 0.260. The SMILES string of the molecule is CN/N=C(/N)C1=C(C=O)CCN1c1ccc(Pc2c(F)cccc2F)cc1. The lowest BCUT2D eigenvalue weighted by Crippen LogP contribution is -2.30. The molecule has 0 radical (unpaired) electrons. The van der Waals surface area contributed by atoms with Gasteiger partial charge in [-0.25, -0.2) is 8.78 Å². The molecule has 27 heavy (non-hydrogen) atoms. The van der Waals surface area contributed by atoms with Crippen molar-refractivity contribution in [3.05, 3.63) is 65.4 Å². The predicted octanol–water partition coefficient (Wildman–Crippen LogP) is 1.75. The third kappa shape index (κ3) is 3.98. The van der Waals surface area contributed by atoms with Crippen LogP contribution < -0.4 is 26.7 Å². The molecule has 2 aromatic rings. The first-order valence-electron chi connectivity index (χ1n) is 8.32. The van der Waals surface area contributed by atoms with Gasteiger partial charge in [-0.15, -0.1) is 0 Å². The maximum atomic E-state index is 13.8. The molecule has 0 bridgehead atoms. The number of carbonyl (C=O) groups excluding carboxylic acids is 1. The highest BCUT2D eigenvalue weighted by Crippen LogP contribution is 2.28. The van der Waals surface area contributed by atoms with Crippen molar-refractivity contribution in [2.24, 2.45) is 10.8 Å². The second kappa shape index (κ2) is 8.27. The van der Waals surface area contributed by atoms with E-state index >= 15 is 0 Å². The maximum Gasteiger partial charge on any atom is 0.167 e. The van der Waals surface area contributed by atoms with Gasteiger partial charge in [0.15, 0.2) is 5.84 Å². The number of hydrogen-bond acceptors (Lipinski definition) is 4. The molecule has 0 amide bonds. The average molecular weight is 388 g/mol. The van der Waals surface area contributed by atoms with E-state index in [1.807, 2.05) is 29.2 Å². The fraction of sp³-hybridized carbons (Fsp3) is 0.158. The molecule has 0 aliphatic carbocycles. The Labute approximate surface area is 157 Å². The van der Waals surface area contributed by atoms with E-state index in [2.05, 4.69) is 10.5 Å². The van der Waals surface area contributed by atoms with Crippen LogP contribution in [0, 0.1) is 11.6 Å². The molecule has 0 spiro atoms. The Balaban J connectivity index is 1.86. The first-order valence-corrected chi connectivity index (χ1v) is 9.32. The Morgan fingerprint density at radius 3 is 2.48 bits per heavy atom. The third-order valence-electron chi connectivity index (χ3n) is 4.21. The van der Waals surface area contributed by atoms with Gasteiger partial charge in [-0.1, -0.05) is 26.8 Å². The molecule has 8 heteroatoms. The van der Waals surface area contributed by atoms with Crippen LogP contribution in [0.1, 0.15) is 6.42 Å². The van der Waals surface area contributed by atoms with E-state index in [1.54, 1.807) is 7.05 Å². The van der Waals surface area contributed by atoms with Crippen molar-refractivity contribution in [2.75, 3.05) is 18.5 Å².